The van der Waals surface area contributed by atoms with Gasteiger partial charge in [0.05, 0.1) is 7.11 Å². The number of carbonyl (C=O) groups excluding carboxylic acids is 1. The molecule has 23 heavy (non-hydrogen) atoms. The van der Waals surface area contributed by atoms with E-state index in [0.29, 0.717) is 30.5 Å². The first-order valence-corrected chi connectivity index (χ1v) is 7.59. The van der Waals surface area contributed by atoms with Crippen LogP contribution < -0.4 is 9.64 Å². The fourth-order valence-electron chi connectivity index (χ4n) is 2.61. The number of hydrogen-bond acceptors (Lipinski definition) is 6. The number of anilines is 1. The molecule has 0 saturated carbocycles. The van der Waals surface area contributed by atoms with Gasteiger partial charge in [-0.15, -0.1) is 0 Å². The van der Waals surface area contributed by atoms with Crippen molar-refractivity contribution in [1.82, 2.24) is 19.9 Å². The molecule has 0 unspecified atom stereocenters. The normalized spacial score (nSPS) is 15.2. The van der Waals surface area contributed by atoms with Crippen molar-refractivity contribution >= 4 is 11.9 Å². The van der Waals surface area contributed by atoms with Gasteiger partial charge in [-0.05, 0) is 18.6 Å². The number of nitrogens with zero attached hydrogens (tertiary/aromatic N) is 5. The molecule has 0 aliphatic carbocycles. The highest BCUT2D eigenvalue weighted by Gasteiger charge is 2.21. The Bertz CT molecular complexity index is 665. The molecule has 7 heteroatoms. The molecule has 2 aromatic rings. The van der Waals surface area contributed by atoms with Gasteiger partial charge in [0.2, 0.25) is 11.8 Å². The van der Waals surface area contributed by atoms with Crippen molar-refractivity contribution < 1.29 is 9.53 Å². The molecule has 1 saturated heterocycles. The van der Waals surface area contributed by atoms with E-state index in [1.807, 2.05) is 4.90 Å². The quantitative estimate of drug-likeness (QED) is 0.849. The highest BCUT2D eigenvalue weighted by molar-refractivity contribution is 5.94. The Morgan fingerprint density at radius 1 is 1.09 bits per heavy atom. The lowest BCUT2D eigenvalue weighted by atomic mass is 10.2. The maximum atomic E-state index is 12.7. The number of aromatic nitrogens is 3. The van der Waals surface area contributed by atoms with Crippen LogP contribution in [0.25, 0.3) is 0 Å². The van der Waals surface area contributed by atoms with Crippen LogP contribution >= 0.6 is 0 Å². The minimum atomic E-state index is 0.00142. The van der Waals surface area contributed by atoms with Crippen molar-refractivity contribution in [3.63, 3.8) is 0 Å². The Morgan fingerprint density at radius 2 is 1.91 bits per heavy atom. The molecule has 0 spiro atoms. The van der Waals surface area contributed by atoms with Crippen LogP contribution in [0.1, 0.15) is 16.8 Å². The van der Waals surface area contributed by atoms with Crippen LogP contribution in [0.2, 0.25) is 0 Å². The molecule has 3 heterocycles. The molecule has 1 aliphatic rings. The van der Waals surface area contributed by atoms with E-state index < -0.39 is 0 Å². The lowest BCUT2D eigenvalue weighted by Crippen LogP contribution is -2.35. The molecule has 7 nitrogen and oxygen atoms in total. The third-order valence-electron chi connectivity index (χ3n) is 3.81. The molecule has 1 amide bonds. The summed E-state index contributed by atoms with van der Waals surface area (Å²) in [7, 11) is 1.54. The van der Waals surface area contributed by atoms with E-state index in [9.17, 15) is 4.79 Å². The molecule has 0 atom stereocenters. The Morgan fingerprint density at radius 3 is 2.70 bits per heavy atom. The van der Waals surface area contributed by atoms with Gasteiger partial charge in [0.15, 0.2) is 0 Å². The monoisotopic (exact) mass is 313 g/mol. The first kappa shape index (κ1) is 15.2. The second-order valence-corrected chi connectivity index (χ2v) is 5.27. The second-order valence-electron chi connectivity index (χ2n) is 5.27. The predicted molar refractivity (Wildman–Crippen MR) is 85.6 cm³/mol. The molecule has 120 valence electrons. The summed E-state index contributed by atoms with van der Waals surface area (Å²) in [6.07, 6.45) is 5.94. The van der Waals surface area contributed by atoms with Crippen molar-refractivity contribution in [2.75, 3.05) is 38.2 Å². The van der Waals surface area contributed by atoms with Crippen LogP contribution in [0, 0.1) is 0 Å². The Hall–Kier alpha value is -2.70. The molecule has 1 aliphatic heterocycles. The lowest BCUT2D eigenvalue weighted by Gasteiger charge is -2.22. The molecular weight excluding hydrogens is 294 g/mol. The summed E-state index contributed by atoms with van der Waals surface area (Å²) < 4.78 is 5.09. The van der Waals surface area contributed by atoms with E-state index in [0.717, 1.165) is 19.5 Å². The van der Waals surface area contributed by atoms with Gasteiger partial charge in [-0.2, -0.15) is 0 Å². The summed E-state index contributed by atoms with van der Waals surface area (Å²) in [5, 5.41) is 0. The zero-order valence-electron chi connectivity index (χ0n) is 13.1. The first-order valence-electron chi connectivity index (χ1n) is 7.59. The third-order valence-corrected chi connectivity index (χ3v) is 3.81. The topological polar surface area (TPSA) is 71.5 Å². The summed E-state index contributed by atoms with van der Waals surface area (Å²) in [4.78, 5) is 29.2. The summed E-state index contributed by atoms with van der Waals surface area (Å²) in [6, 6.07) is 5.19. The van der Waals surface area contributed by atoms with Gasteiger partial charge >= 0.3 is 0 Å². The molecule has 0 bridgehead atoms. The summed E-state index contributed by atoms with van der Waals surface area (Å²) >= 11 is 0. The lowest BCUT2D eigenvalue weighted by molar-refractivity contribution is 0.0766. The molecule has 2 aromatic heterocycles. The van der Waals surface area contributed by atoms with E-state index >= 15 is 0 Å². The third kappa shape index (κ3) is 3.56. The van der Waals surface area contributed by atoms with Gasteiger partial charge in [-0.1, -0.05) is 0 Å². The average molecular weight is 313 g/mol. The number of hydrogen-bond donors (Lipinski definition) is 0. The predicted octanol–water partition coefficient (Wildman–Crippen LogP) is 1.23. The van der Waals surface area contributed by atoms with Gasteiger partial charge in [0.25, 0.3) is 5.91 Å². The molecule has 0 N–H and O–H groups in total. The fraction of sp³-hybridized carbons (Fsp3) is 0.375. The van der Waals surface area contributed by atoms with Gasteiger partial charge in [0.1, 0.15) is 0 Å². The van der Waals surface area contributed by atoms with Crippen LogP contribution in [0.4, 0.5) is 5.95 Å². The SMILES string of the molecule is COc1cc(C(=O)N2CCCN(c3ncccn3)CC2)ccn1. The van der Waals surface area contributed by atoms with Crippen LogP contribution in [-0.4, -0.2) is 59.0 Å². The Kier molecular flexibility index (Phi) is 4.65. The minimum Gasteiger partial charge on any atom is -0.481 e. The molecule has 0 aromatic carbocycles. The number of carbonyl (C=O) groups is 1. The van der Waals surface area contributed by atoms with Crippen molar-refractivity contribution in [2.24, 2.45) is 0 Å². The van der Waals surface area contributed by atoms with Crippen molar-refractivity contribution in [1.29, 1.82) is 0 Å². The number of pyridine rings is 1. The fourth-order valence-corrected chi connectivity index (χ4v) is 2.61. The highest BCUT2D eigenvalue weighted by atomic mass is 16.5. The molecule has 1 fully saturated rings. The summed E-state index contributed by atoms with van der Waals surface area (Å²) in [5.41, 5.74) is 0.598. The van der Waals surface area contributed by atoms with E-state index in [-0.39, 0.29) is 5.91 Å². The van der Waals surface area contributed by atoms with E-state index in [1.165, 1.54) is 0 Å². The van der Waals surface area contributed by atoms with Gasteiger partial charge in [0, 0.05) is 56.4 Å². The maximum absolute atomic E-state index is 12.7. The van der Waals surface area contributed by atoms with Crippen molar-refractivity contribution in [3.8, 4) is 5.88 Å². The largest absolute Gasteiger partial charge is 0.481 e. The van der Waals surface area contributed by atoms with Crippen molar-refractivity contribution in [2.45, 2.75) is 6.42 Å². The van der Waals surface area contributed by atoms with Crippen LogP contribution in [0.5, 0.6) is 5.88 Å². The number of methoxy groups -OCH3 is 1. The van der Waals surface area contributed by atoms with Crippen LogP contribution in [-0.2, 0) is 0 Å². The number of ether oxygens (including phenoxy) is 1. The van der Waals surface area contributed by atoms with Gasteiger partial charge < -0.3 is 14.5 Å². The zero-order valence-corrected chi connectivity index (χ0v) is 13.1. The van der Waals surface area contributed by atoms with E-state index in [1.54, 1.807) is 43.9 Å². The Labute approximate surface area is 134 Å². The molecule has 3 rings (SSSR count). The number of rotatable bonds is 3. The van der Waals surface area contributed by atoms with Crippen molar-refractivity contribution in [3.05, 3.63) is 42.4 Å². The van der Waals surface area contributed by atoms with Gasteiger partial charge in [-0.25, -0.2) is 15.0 Å². The van der Waals surface area contributed by atoms with E-state index in [2.05, 4.69) is 19.9 Å². The van der Waals surface area contributed by atoms with E-state index in [4.69, 9.17) is 4.74 Å². The summed E-state index contributed by atoms with van der Waals surface area (Å²) in [6.45, 7) is 2.92. The maximum Gasteiger partial charge on any atom is 0.254 e. The molecule has 0 radical (unpaired) electrons. The average Bonchev–Trinajstić information content (AvgIpc) is 2.88. The number of amides is 1. The minimum absolute atomic E-state index is 0.00142. The smallest absolute Gasteiger partial charge is 0.254 e. The first-order chi connectivity index (χ1) is 11.3. The highest BCUT2D eigenvalue weighted by Crippen LogP contribution is 2.15. The van der Waals surface area contributed by atoms with Crippen LogP contribution in [0.15, 0.2) is 36.8 Å². The summed E-state index contributed by atoms with van der Waals surface area (Å²) in [5.74, 6) is 1.17. The Balaban J connectivity index is 1.69. The standard InChI is InChI=1S/C16H19N5O2/c1-23-14-12-13(4-7-17-14)15(22)20-8-3-9-21(11-10-20)16-18-5-2-6-19-16/h2,4-7,12H,3,8-11H2,1H3. The zero-order chi connectivity index (χ0) is 16.1. The molecular formula is C16H19N5O2. The van der Waals surface area contributed by atoms with Crippen LogP contribution in [0.3, 0.4) is 0 Å². The second kappa shape index (κ2) is 7.04. The van der Waals surface area contributed by atoms with Gasteiger partial charge in [-0.3, -0.25) is 4.79 Å².